The number of carboxylic acids is 1. The molecule has 1 amide bonds. The van der Waals surface area contributed by atoms with Gasteiger partial charge in [0, 0.05) is 13.0 Å². The summed E-state index contributed by atoms with van der Waals surface area (Å²) < 4.78 is 5.06. The molecule has 24 heavy (non-hydrogen) atoms. The summed E-state index contributed by atoms with van der Waals surface area (Å²) in [4.78, 5) is 23.2. The van der Waals surface area contributed by atoms with Crippen LogP contribution >= 0.6 is 0 Å². The number of amides is 1. The number of hydrogen-bond acceptors (Lipinski definition) is 4. The predicted octanol–water partition coefficient (Wildman–Crippen LogP) is 2.07. The SMILES string of the molecule is NCc1cccc(CC(NC(=O)OCc2ccccc2)C(=O)O)c1. The summed E-state index contributed by atoms with van der Waals surface area (Å²) in [5.41, 5.74) is 8.10. The third kappa shape index (κ3) is 5.40. The van der Waals surface area contributed by atoms with Crippen molar-refractivity contribution in [2.24, 2.45) is 5.73 Å². The van der Waals surface area contributed by atoms with E-state index in [1.54, 1.807) is 6.07 Å². The fourth-order valence-corrected chi connectivity index (χ4v) is 2.23. The van der Waals surface area contributed by atoms with Crippen LogP contribution in [0, 0.1) is 0 Å². The monoisotopic (exact) mass is 328 g/mol. The van der Waals surface area contributed by atoms with E-state index in [1.165, 1.54) is 0 Å². The summed E-state index contributed by atoms with van der Waals surface area (Å²) in [6, 6.07) is 15.4. The number of ether oxygens (including phenoxy) is 1. The molecule has 0 aliphatic heterocycles. The van der Waals surface area contributed by atoms with E-state index in [1.807, 2.05) is 48.5 Å². The number of carbonyl (C=O) groups excluding carboxylic acids is 1. The lowest BCUT2D eigenvalue weighted by molar-refractivity contribution is -0.139. The largest absolute Gasteiger partial charge is 0.480 e. The highest BCUT2D eigenvalue weighted by atomic mass is 16.5. The van der Waals surface area contributed by atoms with Gasteiger partial charge in [-0.2, -0.15) is 0 Å². The number of carbonyl (C=O) groups is 2. The molecule has 4 N–H and O–H groups in total. The van der Waals surface area contributed by atoms with Crippen molar-refractivity contribution in [3.05, 3.63) is 71.3 Å². The molecule has 0 radical (unpaired) electrons. The van der Waals surface area contributed by atoms with E-state index < -0.39 is 18.1 Å². The molecule has 2 rings (SSSR count). The van der Waals surface area contributed by atoms with Gasteiger partial charge < -0.3 is 20.9 Å². The summed E-state index contributed by atoms with van der Waals surface area (Å²) in [6.07, 6.45) is -0.606. The van der Waals surface area contributed by atoms with Crippen LogP contribution in [-0.2, 0) is 29.1 Å². The fourth-order valence-electron chi connectivity index (χ4n) is 2.23. The Morgan fingerprint density at radius 3 is 2.38 bits per heavy atom. The first-order valence-corrected chi connectivity index (χ1v) is 7.56. The van der Waals surface area contributed by atoms with Gasteiger partial charge in [0.1, 0.15) is 12.6 Å². The zero-order chi connectivity index (χ0) is 17.4. The molecule has 0 aliphatic carbocycles. The van der Waals surface area contributed by atoms with Crippen molar-refractivity contribution >= 4 is 12.1 Å². The average molecular weight is 328 g/mol. The predicted molar refractivity (Wildman–Crippen MR) is 89.2 cm³/mol. The number of nitrogens with one attached hydrogen (secondary N) is 1. The van der Waals surface area contributed by atoms with E-state index in [0.29, 0.717) is 6.54 Å². The third-order valence-corrected chi connectivity index (χ3v) is 3.47. The Bertz CT molecular complexity index is 688. The molecule has 0 heterocycles. The van der Waals surface area contributed by atoms with Crippen LogP contribution in [0.3, 0.4) is 0 Å². The van der Waals surface area contributed by atoms with Crippen LogP contribution in [0.2, 0.25) is 0 Å². The molecule has 1 unspecified atom stereocenters. The summed E-state index contributed by atoms with van der Waals surface area (Å²) in [5, 5.41) is 11.7. The quantitative estimate of drug-likeness (QED) is 0.722. The Balaban J connectivity index is 1.92. The van der Waals surface area contributed by atoms with Gasteiger partial charge in [-0.3, -0.25) is 0 Å². The van der Waals surface area contributed by atoms with Crippen LogP contribution < -0.4 is 11.1 Å². The Morgan fingerprint density at radius 1 is 1.04 bits per heavy atom. The lowest BCUT2D eigenvalue weighted by Crippen LogP contribution is -2.42. The second-order valence-corrected chi connectivity index (χ2v) is 5.33. The highest BCUT2D eigenvalue weighted by molar-refractivity contribution is 5.80. The Kier molecular flexibility index (Phi) is 6.33. The summed E-state index contributed by atoms with van der Waals surface area (Å²) in [6.45, 7) is 0.458. The van der Waals surface area contributed by atoms with Crippen LogP contribution in [0.5, 0.6) is 0 Å². The van der Waals surface area contributed by atoms with Crippen LogP contribution in [-0.4, -0.2) is 23.2 Å². The zero-order valence-electron chi connectivity index (χ0n) is 13.1. The number of carboxylic acid groups (broad SMARTS) is 1. The topological polar surface area (TPSA) is 102 Å². The number of alkyl carbamates (subject to hydrolysis) is 1. The van der Waals surface area contributed by atoms with Crippen LogP contribution in [0.25, 0.3) is 0 Å². The van der Waals surface area contributed by atoms with E-state index in [9.17, 15) is 14.7 Å². The maximum Gasteiger partial charge on any atom is 0.408 e. The number of rotatable bonds is 7. The van der Waals surface area contributed by atoms with Gasteiger partial charge in [0.15, 0.2) is 0 Å². The minimum atomic E-state index is -1.12. The van der Waals surface area contributed by atoms with Gasteiger partial charge in [0.25, 0.3) is 0 Å². The minimum absolute atomic E-state index is 0.0850. The van der Waals surface area contributed by atoms with E-state index in [2.05, 4.69) is 5.32 Å². The Labute approximate surface area is 140 Å². The van der Waals surface area contributed by atoms with Crippen molar-refractivity contribution in [3.8, 4) is 0 Å². The first-order valence-electron chi connectivity index (χ1n) is 7.56. The molecular formula is C18H20N2O4. The molecule has 0 saturated heterocycles. The Hall–Kier alpha value is -2.86. The molecule has 0 spiro atoms. The second-order valence-electron chi connectivity index (χ2n) is 5.33. The molecule has 0 bridgehead atoms. The van der Waals surface area contributed by atoms with Gasteiger partial charge in [-0.05, 0) is 16.7 Å². The standard InChI is InChI=1S/C18H20N2O4/c19-11-15-8-4-7-14(9-15)10-16(17(21)22)20-18(23)24-12-13-5-2-1-3-6-13/h1-9,16H,10-12,19H2,(H,20,23)(H,21,22). The Morgan fingerprint density at radius 2 is 1.71 bits per heavy atom. The van der Waals surface area contributed by atoms with Crippen molar-refractivity contribution in [3.63, 3.8) is 0 Å². The molecular weight excluding hydrogens is 308 g/mol. The van der Waals surface area contributed by atoms with Crippen molar-refractivity contribution in [2.45, 2.75) is 25.6 Å². The lowest BCUT2D eigenvalue weighted by Gasteiger charge is -2.15. The molecule has 6 heteroatoms. The number of nitrogens with two attached hydrogens (primary N) is 1. The van der Waals surface area contributed by atoms with Crippen molar-refractivity contribution < 1.29 is 19.4 Å². The van der Waals surface area contributed by atoms with Gasteiger partial charge in [-0.15, -0.1) is 0 Å². The number of hydrogen-bond donors (Lipinski definition) is 3. The molecule has 2 aromatic rings. The first-order chi connectivity index (χ1) is 11.6. The lowest BCUT2D eigenvalue weighted by atomic mass is 10.0. The highest BCUT2D eigenvalue weighted by Gasteiger charge is 2.21. The van der Waals surface area contributed by atoms with E-state index in [0.717, 1.165) is 16.7 Å². The smallest absolute Gasteiger partial charge is 0.408 e. The summed E-state index contributed by atoms with van der Waals surface area (Å²) >= 11 is 0. The maximum absolute atomic E-state index is 11.8. The molecule has 1 atom stereocenters. The fraction of sp³-hybridized carbons (Fsp3) is 0.222. The molecule has 0 aliphatic rings. The van der Waals surface area contributed by atoms with E-state index in [4.69, 9.17) is 10.5 Å². The summed E-state index contributed by atoms with van der Waals surface area (Å²) in [7, 11) is 0. The van der Waals surface area contributed by atoms with E-state index >= 15 is 0 Å². The minimum Gasteiger partial charge on any atom is -0.480 e. The van der Waals surface area contributed by atoms with E-state index in [-0.39, 0.29) is 13.0 Å². The molecule has 6 nitrogen and oxygen atoms in total. The first kappa shape index (κ1) is 17.5. The molecule has 0 saturated carbocycles. The average Bonchev–Trinajstić information content (AvgIpc) is 2.60. The van der Waals surface area contributed by atoms with Crippen LogP contribution in [0.1, 0.15) is 16.7 Å². The van der Waals surface area contributed by atoms with Gasteiger partial charge in [-0.25, -0.2) is 9.59 Å². The second kappa shape index (κ2) is 8.69. The number of aliphatic carboxylic acids is 1. The van der Waals surface area contributed by atoms with Gasteiger partial charge in [0.2, 0.25) is 0 Å². The number of benzene rings is 2. The third-order valence-electron chi connectivity index (χ3n) is 3.47. The van der Waals surface area contributed by atoms with Crippen molar-refractivity contribution in [1.29, 1.82) is 0 Å². The van der Waals surface area contributed by atoms with Gasteiger partial charge in [-0.1, -0.05) is 54.6 Å². The van der Waals surface area contributed by atoms with Gasteiger partial charge >= 0.3 is 12.1 Å². The molecule has 2 aromatic carbocycles. The molecule has 126 valence electrons. The molecule has 0 fully saturated rings. The van der Waals surface area contributed by atoms with Crippen molar-refractivity contribution in [2.75, 3.05) is 0 Å². The maximum atomic E-state index is 11.8. The van der Waals surface area contributed by atoms with Crippen LogP contribution in [0.15, 0.2) is 54.6 Å². The summed E-state index contributed by atoms with van der Waals surface area (Å²) in [5.74, 6) is -1.12. The highest BCUT2D eigenvalue weighted by Crippen LogP contribution is 2.08. The van der Waals surface area contributed by atoms with Crippen LogP contribution in [0.4, 0.5) is 4.79 Å². The van der Waals surface area contributed by atoms with Crippen molar-refractivity contribution in [1.82, 2.24) is 5.32 Å². The molecule has 0 aromatic heterocycles. The normalized spacial score (nSPS) is 11.5. The zero-order valence-corrected chi connectivity index (χ0v) is 13.1. The van der Waals surface area contributed by atoms with Gasteiger partial charge in [0.05, 0.1) is 0 Å².